The normalized spacial score (nSPS) is 12.0. The quantitative estimate of drug-likeness (QED) is 0.505. The number of hydrogen-bond acceptors (Lipinski definition) is 0. The molecule has 3 aromatic carbocycles. The van der Waals surface area contributed by atoms with Gasteiger partial charge in [0.1, 0.15) is 0 Å². The zero-order valence-corrected chi connectivity index (χ0v) is 12.4. The maximum atomic E-state index is 2.21. The van der Waals surface area contributed by atoms with Crippen molar-refractivity contribution >= 4 is 22.9 Å². The molecule has 0 aromatic heterocycles. The van der Waals surface area contributed by atoms with E-state index in [9.17, 15) is 0 Å². The Labute approximate surface area is 131 Å². The van der Waals surface area contributed by atoms with Crippen molar-refractivity contribution in [3.05, 3.63) is 108 Å². The molecule has 0 heterocycles. The third-order valence-electron chi connectivity index (χ3n) is 3.48. The molecule has 0 heteroatoms. The minimum atomic E-state index is 1.21. The molecule has 0 aliphatic heterocycles. The molecule has 106 valence electrons. The Bertz CT molecular complexity index is 821. The first-order valence-electron chi connectivity index (χ1n) is 7.47. The highest BCUT2D eigenvalue weighted by Gasteiger charge is 1.91. The molecule has 0 amide bonds. The van der Waals surface area contributed by atoms with Gasteiger partial charge in [0.15, 0.2) is 0 Å². The summed E-state index contributed by atoms with van der Waals surface area (Å²) in [6.45, 7) is 0. The van der Waals surface area contributed by atoms with Crippen molar-refractivity contribution in [1.29, 1.82) is 0 Å². The fraction of sp³-hybridized carbons (Fsp3) is 0. The summed E-state index contributed by atoms with van der Waals surface area (Å²) in [5.74, 6) is 0. The van der Waals surface area contributed by atoms with Gasteiger partial charge in [-0.05, 0) is 28.0 Å². The SMILES string of the molecule is C(=C\C=C\c1ccc2ccccc2c1)/C=C/c1ccccc1. The first kappa shape index (κ1) is 14.1. The predicted molar refractivity (Wildman–Crippen MR) is 97.6 cm³/mol. The summed E-state index contributed by atoms with van der Waals surface area (Å²) in [5.41, 5.74) is 2.43. The van der Waals surface area contributed by atoms with Crippen molar-refractivity contribution in [3.63, 3.8) is 0 Å². The van der Waals surface area contributed by atoms with Crippen LogP contribution in [-0.2, 0) is 0 Å². The lowest BCUT2D eigenvalue weighted by Crippen LogP contribution is -1.74. The summed E-state index contributed by atoms with van der Waals surface area (Å²) in [6, 6.07) is 25.2. The molecule has 0 radical (unpaired) electrons. The summed E-state index contributed by atoms with van der Waals surface area (Å²) in [7, 11) is 0. The van der Waals surface area contributed by atoms with Gasteiger partial charge in [-0.1, -0.05) is 103 Å². The topological polar surface area (TPSA) is 0 Å². The van der Waals surface area contributed by atoms with Crippen molar-refractivity contribution < 1.29 is 0 Å². The molecule has 0 N–H and O–H groups in total. The minimum Gasteiger partial charge on any atom is -0.0622 e. The molecule has 0 saturated carbocycles. The Balaban J connectivity index is 1.63. The smallest absolute Gasteiger partial charge is 0.0178 e. The standard InChI is InChI=1S/C22H18/c1(4-10-19-11-6-3-7-12-19)2-5-13-20-16-17-21-14-8-9-15-22(21)18-20/h1-18H/b2-1+,10-4+,13-5+. The summed E-state index contributed by atoms with van der Waals surface area (Å²) in [5, 5.41) is 2.55. The van der Waals surface area contributed by atoms with Gasteiger partial charge in [-0.2, -0.15) is 0 Å². The van der Waals surface area contributed by atoms with E-state index in [2.05, 4.69) is 85.0 Å². The van der Waals surface area contributed by atoms with E-state index in [4.69, 9.17) is 0 Å². The lowest BCUT2D eigenvalue weighted by molar-refractivity contribution is 1.66. The van der Waals surface area contributed by atoms with Crippen LogP contribution in [0.3, 0.4) is 0 Å². The van der Waals surface area contributed by atoms with E-state index in [0.29, 0.717) is 0 Å². The second-order valence-corrected chi connectivity index (χ2v) is 5.12. The van der Waals surface area contributed by atoms with Crippen LogP contribution < -0.4 is 0 Å². The van der Waals surface area contributed by atoms with E-state index in [1.165, 1.54) is 21.9 Å². The summed E-state index contributed by atoms with van der Waals surface area (Å²) >= 11 is 0. The molecule has 0 aliphatic rings. The second kappa shape index (κ2) is 7.24. The van der Waals surface area contributed by atoms with Crippen molar-refractivity contribution in [2.24, 2.45) is 0 Å². The zero-order chi connectivity index (χ0) is 15.0. The third-order valence-corrected chi connectivity index (χ3v) is 3.48. The van der Waals surface area contributed by atoms with Crippen LogP contribution in [0.15, 0.2) is 97.1 Å². The molecule has 0 bridgehead atoms. The predicted octanol–water partition coefficient (Wildman–Crippen LogP) is 6.12. The van der Waals surface area contributed by atoms with Gasteiger partial charge in [0.25, 0.3) is 0 Å². The average Bonchev–Trinajstić information content (AvgIpc) is 2.59. The number of fused-ring (bicyclic) bond motifs is 1. The van der Waals surface area contributed by atoms with Crippen molar-refractivity contribution in [2.75, 3.05) is 0 Å². The molecule has 0 fully saturated rings. The molecule has 0 nitrogen and oxygen atoms in total. The Morgan fingerprint density at radius 3 is 1.86 bits per heavy atom. The van der Waals surface area contributed by atoms with Gasteiger partial charge >= 0.3 is 0 Å². The van der Waals surface area contributed by atoms with Gasteiger partial charge < -0.3 is 0 Å². The number of rotatable bonds is 4. The molecule has 0 aliphatic carbocycles. The fourth-order valence-electron chi connectivity index (χ4n) is 2.34. The van der Waals surface area contributed by atoms with Crippen LogP contribution in [0.2, 0.25) is 0 Å². The van der Waals surface area contributed by atoms with E-state index in [0.717, 1.165) is 0 Å². The van der Waals surface area contributed by atoms with E-state index < -0.39 is 0 Å². The maximum Gasteiger partial charge on any atom is -0.0178 e. The fourth-order valence-corrected chi connectivity index (χ4v) is 2.34. The number of hydrogen-bond donors (Lipinski definition) is 0. The van der Waals surface area contributed by atoms with Gasteiger partial charge in [0.05, 0.1) is 0 Å². The van der Waals surface area contributed by atoms with E-state index >= 15 is 0 Å². The van der Waals surface area contributed by atoms with Crippen LogP contribution in [0, 0.1) is 0 Å². The Kier molecular flexibility index (Phi) is 4.63. The van der Waals surface area contributed by atoms with Crippen LogP contribution in [0.4, 0.5) is 0 Å². The van der Waals surface area contributed by atoms with Gasteiger partial charge in [-0.25, -0.2) is 0 Å². The molecular weight excluding hydrogens is 264 g/mol. The highest BCUT2D eigenvalue weighted by molar-refractivity contribution is 5.84. The van der Waals surface area contributed by atoms with Crippen LogP contribution in [0.5, 0.6) is 0 Å². The monoisotopic (exact) mass is 282 g/mol. The summed E-state index contributed by atoms with van der Waals surface area (Å²) in [6.07, 6.45) is 12.4. The molecule has 22 heavy (non-hydrogen) atoms. The largest absolute Gasteiger partial charge is 0.0622 e. The van der Waals surface area contributed by atoms with Crippen LogP contribution in [0.25, 0.3) is 22.9 Å². The van der Waals surface area contributed by atoms with Crippen molar-refractivity contribution in [3.8, 4) is 0 Å². The second-order valence-electron chi connectivity index (χ2n) is 5.12. The molecule has 0 saturated heterocycles. The molecule has 0 spiro atoms. The zero-order valence-electron chi connectivity index (χ0n) is 12.4. The Morgan fingerprint density at radius 1 is 0.455 bits per heavy atom. The molecule has 3 aromatic rings. The van der Waals surface area contributed by atoms with Crippen molar-refractivity contribution in [2.45, 2.75) is 0 Å². The van der Waals surface area contributed by atoms with Gasteiger partial charge in [0.2, 0.25) is 0 Å². The maximum absolute atomic E-state index is 2.21. The van der Waals surface area contributed by atoms with Gasteiger partial charge in [-0.3, -0.25) is 0 Å². The highest BCUT2D eigenvalue weighted by atomic mass is 14.0. The summed E-state index contributed by atoms with van der Waals surface area (Å²) in [4.78, 5) is 0. The van der Waals surface area contributed by atoms with E-state index in [-0.39, 0.29) is 0 Å². The van der Waals surface area contributed by atoms with Gasteiger partial charge in [-0.15, -0.1) is 0 Å². The van der Waals surface area contributed by atoms with Gasteiger partial charge in [0, 0.05) is 0 Å². The van der Waals surface area contributed by atoms with E-state index in [1.807, 2.05) is 24.3 Å². The summed E-state index contributed by atoms with van der Waals surface area (Å²) < 4.78 is 0. The van der Waals surface area contributed by atoms with E-state index in [1.54, 1.807) is 0 Å². The third kappa shape index (κ3) is 3.83. The Morgan fingerprint density at radius 2 is 1.09 bits per heavy atom. The van der Waals surface area contributed by atoms with Crippen LogP contribution in [0.1, 0.15) is 11.1 Å². The average molecular weight is 282 g/mol. The lowest BCUT2D eigenvalue weighted by Gasteiger charge is -1.98. The highest BCUT2D eigenvalue weighted by Crippen LogP contribution is 2.16. The molecule has 0 unspecified atom stereocenters. The van der Waals surface area contributed by atoms with Crippen LogP contribution in [-0.4, -0.2) is 0 Å². The number of allylic oxidation sites excluding steroid dienone is 4. The molecule has 0 atom stereocenters. The first-order chi connectivity index (χ1) is 10.9. The number of benzene rings is 3. The molecule has 3 rings (SSSR count). The Hall–Kier alpha value is -2.86. The minimum absolute atomic E-state index is 1.21. The van der Waals surface area contributed by atoms with Crippen molar-refractivity contribution in [1.82, 2.24) is 0 Å². The molecular formula is C22H18. The lowest BCUT2D eigenvalue weighted by atomic mass is 10.1. The van der Waals surface area contributed by atoms with Crippen LogP contribution >= 0.6 is 0 Å². The first-order valence-corrected chi connectivity index (χ1v) is 7.47.